The topological polar surface area (TPSA) is 12.5 Å². The molecule has 1 aromatic carbocycles. The fourth-order valence-electron chi connectivity index (χ4n) is 1.85. The summed E-state index contributed by atoms with van der Waals surface area (Å²) in [7, 11) is 0. The highest BCUT2D eigenvalue weighted by atomic mass is 127. The Balaban J connectivity index is 2.40. The molecule has 19 heavy (non-hydrogen) atoms. The van der Waals surface area contributed by atoms with Crippen LogP contribution in [0.25, 0.3) is 0 Å². The van der Waals surface area contributed by atoms with Crippen molar-refractivity contribution in [2.75, 3.05) is 11.4 Å². The summed E-state index contributed by atoms with van der Waals surface area (Å²) in [6, 6.07) is 5.27. The van der Waals surface area contributed by atoms with Crippen molar-refractivity contribution in [2.24, 2.45) is 0 Å². The Morgan fingerprint density at radius 1 is 1.32 bits per heavy atom. The number of hydrogen-bond donors (Lipinski definition) is 0. The van der Waals surface area contributed by atoms with Gasteiger partial charge >= 0.3 is 6.18 Å². The molecule has 0 atom stereocenters. The number of ether oxygens (including phenoxy) is 1. The number of halogens is 4. The van der Waals surface area contributed by atoms with E-state index in [2.05, 4.69) is 29.2 Å². The van der Waals surface area contributed by atoms with Crippen molar-refractivity contribution in [3.63, 3.8) is 0 Å². The Morgan fingerprint density at radius 3 is 2.47 bits per heavy atom. The highest BCUT2D eigenvalue weighted by Gasteiger charge is 2.37. The van der Waals surface area contributed by atoms with Crippen LogP contribution in [0.1, 0.15) is 19.4 Å². The molecule has 1 aliphatic rings. The zero-order valence-corrected chi connectivity index (χ0v) is 12.7. The summed E-state index contributed by atoms with van der Waals surface area (Å²) in [5.41, 5.74) is 1.36. The Labute approximate surface area is 123 Å². The van der Waals surface area contributed by atoms with Crippen LogP contribution in [0.15, 0.2) is 30.7 Å². The van der Waals surface area contributed by atoms with Gasteiger partial charge in [0, 0.05) is 3.42 Å². The van der Waals surface area contributed by atoms with E-state index in [1.54, 1.807) is 12.1 Å². The van der Waals surface area contributed by atoms with Gasteiger partial charge in [0.25, 0.3) is 0 Å². The number of rotatable bonds is 2. The molecule has 2 nitrogen and oxygen atoms in total. The number of benzene rings is 1. The SMILES string of the molecule is C=C1Oc2ccc(C(C)(C)I)cc2N1CC(F)(F)F. The lowest BCUT2D eigenvalue weighted by Gasteiger charge is -2.21. The first-order valence-electron chi connectivity index (χ1n) is 5.62. The van der Waals surface area contributed by atoms with Crippen molar-refractivity contribution in [3.8, 4) is 5.75 Å². The van der Waals surface area contributed by atoms with Crippen molar-refractivity contribution in [1.82, 2.24) is 0 Å². The van der Waals surface area contributed by atoms with Crippen molar-refractivity contribution < 1.29 is 17.9 Å². The molecule has 0 aromatic heterocycles. The van der Waals surface area contributed by atoms with E-state index in [0.29, 0.717) is 11.4 Å². The molecule has 1 aliphatic heterocycles. The van der Waals surface area contributed by atoms with E-state index < -0.39 is 12.7 Å². The van der Waals surface area contributed by atoms with E-state index in [1.165, 1.54) is 0 Å². The number of nitrogens with zero attached hydrogens (tertiary/aromatic N) is 1. The number of fused-ring (bicyclic) bond motifs is 1. The molecule has 0 saturated carbocycles. The molecule has 0 spiro atoms. The average Bonchev–Trinajstić information content (AvgIpc) is 2.51. The molecule has 0 aliphatic carbocycles. The van der Waals surface area contributed by atoms with Crippen molar-refractivity contribution in [3.05, 3.63) is 36.2 Å². The molecule has 0 saturated heterocycles. The largest absolute Gasteiger partial charge is 0.439 e. The lowest BCUT2D eigenvalue weighted by atomic mass is 10.0. The van der Waals surface area contributed by atoms with Crippen LogP contribution in [0.2, 0.25) is 0 Å². The lowest BCUT2D eigenvalue weighted by molar-refractivity contribution is -0.119. The number of anilines is 1. The minimum atomic E-state index is -4.30. The van der Waals surface area contributed by atoms with Gasteiger partial charge < -0.3 is 9.64 Å². The molecule has 0 unspecified atom stereocenters. The van der Waals surface area contributed by atoms with E-state index >= 15 is 0 Å². The zero-order valence-electron chi connectivity index (χ0n) is 10.5. The van der Waals surface area contributed by atoms with Crippen LogP contribution in [0, 0.1) is 0 Å². The van der Waals surface area contributed by atoms with Crippen molar-refractivity contribution in [2.45, 2.75) is 23.4 Å². The first-order chi connectivity index (χ1) is 8.58. The third-order valence-electron chi connectivity index (χ3n) is 2.80. The van der Waals surface area contributed by atoms with Gasteiger partial charge in [-0.25, -0.2) is 0 Å². The molecule has 0 N–H and O–H groups in total. The minimum Gasteiger partial charge on any atom is -0.439 e. The Hall–Kier alpha value is -0.920. The fraction of sp³-hybridized carbons (Fsp3) is 0.385. The maximum Gasteiger partial charge on any atom is 0.406 e. The summed E-state index contributed by atoms with van der Waals surface area (Å²) >= 11 is 2.24. The van der Waals surface area contributed by atoms with Gasteiger partial charge in [-0.3, -0.25) is 0 Å². The smallest absolute Gasteiger partial charge is 0.406 e. The van der Waals surface area contributed by atoms with E-state index in [0.717, 1.165) is 10.5 Å². The second-order valence-corrected chi connectivity index (χ2v) is 7.55. The van der Waals surface area contributed by atoms with Crippen LogP contribution in [-0.2, 0) is 3.42 Å². The normalized spacial score (nSPS) is 15.5. The summed E-state index contributed by atoms with van der Waals surface area (Å²) in [5.74, 6) is 0.425. The summed E-state index contributed by atoms with van der Waals surface area (Å²) in [4.78, 5) is 1.06. The Kier molecular flexibility index (Phi) is 3.49. The van der Waals surface area contributed by atoms with E-state index in [9.17, 15) is 13.2 Å². The van der Waals surface area contributed by atoms with Gasteiger partial charge in [0.1, 0.15) is 6.54 Å². The third-order valence-corrected chi connectivity index (χ3v) is 3.43. The van der Waals surface area contributed by atoms with Crippen LogP contribution in [-0.4, -0.2) is 12.7 Å². The Morgan fingerprint density at radius 2 is 1.95 bits per heavy atom. The van der Waals surface area contributed by atoms with E-state index in [1.807, 2.05) is 19.9 Å². The van der Waals surface area contributed by atoms with Crippen LogP contribution < -0.4 is 9.64 Å². The molecule has 0 fully saturated rings. The number of alkyl halides is 4. The van der Waals surface area contributed by atoms with Gasteiger partial charge in [0.05, 0.1) is 5.69 Å². The summed E-state index contributed by atoms with van der Waals surface area (Å²) < 4.78 is 42.8. The Bertz CT molecular complexity index is 520. The molecule has 2 rings (SSSR count). The summed E-state index contributed by atoms with van der Waals surface area (Å²) in [6.07, 6.45) is -4.30. The van der Waals surface area contributed by atoms with Crippen molar-refractivity contribution >= 4 is 28.3 Å². The van der Waals surface area contributed by atoms with Crippen LogP contribution in [0.4, 0.5) is 18.9 Å². The quantitative estimate of drug-likeness (QED) is 0.547. The van der Waals surface area contributed by atoms with Gasteiger partial charge in [-0.15, -0.1) is 0 Å². The molecule has 1 heterocycles. The zero-order chi connectivity index (χ0) is 14.4. The highest BCUT2D eigenvalue weighted by Crippen LogP contribution is 2.43. The predicted molar refractivity (Wildman–Crippen MR) is 76.7 cm³/mol. The molecule has 1 aromatic rings. The molecular formula is C13H13F3INO. The fourth-order valence-corrected chi connectivity index (χ4v) is 2.19. The second kappa shape index (κ2) is 4.57. The number of hydrogen-bond acceptors (Lipinski definition) is 2. The van der Waals surface area contributed by atoms with Gasteiger partial charge in [0.15, 0.2) is 11.6 Å². The molecule has 0 radical (unpaired) electrons. The van der Waals surface area contributed by atoms with E-state index in [4.69, 9.17) is 4.74 Å². The van der Waals surface area contributed by atoms with Crippen molar-refractivity contribution in [1.29, 1.82) is 0 Å². The first kappa shape index (κ1) is 14.5. The standard InChI is InChI=1S/C13H13F3INO/c1-8-18(7-13(14,15)16)10-6-9(12(2,3)17)4-5-11(10)19-8/h4-6H,1,7H2,2-3H3. The van der Waals surface area contributed by atoms with Crippen LogP contribution >= 0.6 is 22.6 Å². The van der Waals surface area contributed by atoms with Crippen LogP contribution in [0.5, 0.6) is 5.75 Å². The molecular weight excluding hydrogens is 370 g/mol. The van der Waals surface area contributed by atoms with Gasteiger partial charge in [-0.2, -0.15) is 13.2 Å². The van der Waals surface area contributed by atoms with E-state index in [-0.39, 0.29) is 9.30 Å². The maximum atomic E-state index is 12.6. The lowest BCUT2D eigenvalue weighted by Crippen LogP contribution is -2.32. The second-order valence-electron chi connectivity index (χ2n) is 4.85. The van der Waals surface area contributed by atoms with Crippen LogP contribution in [0.3, 0.4) is 0 Å². The minimum absolute atomic E-state index is 0.00994. The first-order valence-corrected chi connectivity index (χ1v) is 6.70. The highest BCUT2D eigenvalue weighted by molar-refractivity contribution is 14.1. The molecule has 0 bridgehead atoms. The van der Waals surface area contributed by atoms with Gasteiger partial charge in [-0.1, -0.05) is 28.7 Å². The molecule has 6 heteroatoms. The monoisotopic (exact) mass is 383 g/mol. The van der Waals surface area contributed by atoms with Gasteiger partial charge in [0.2, 0.25) is 0 Å². The maximum absolute atomic E-state index is 12.6. The average molecular weight is 383 g/mol. The molecule has 104 valence electrons. The summed E-state index contributed by atoms with van der Waals surface area (Å²) in [6.45, 7) is 6.42. The van der Waals surface area contributed by atoms with Gasteiger partial charge in [-0.05, 0) is 38.1 Å². The predicted octanol–water partition coefficient (Wildman–Crippen LogP) is 4.59. The molecule has 0 amide bonds. The summed E-state index contributed by atoms with van der Waals surface area (Å²) in [5, 5.41) is 0. The third kappa shape index (κ3) is 3.16.